The zero-order valence-corrected chi connectivity index (χ0v) is 8.82. The predicted octanol–water partition coefficient (Wildman–Crippen LogP) is 2.17. The number of ketones is 1. The lowest BCUT2D eigenvalue weighted by atomic mass is 9.79. The van der Waals surface area contributed by atoms with Crippen molar-refractivity contribution in [3.05, 3.63) is 0 Å². The Morgan fingerprint density at radius 3 is 1.58 bits per heavy atom. The highest BCUT2D eigenvalue weighted by molar-refractivity contribution is 5.95. The molecular formula is C10H18O2. The average molecular weight is 170 g/mol. The van der Waals surface area contributed by atoms with Crippen LogP contribution in [0.25, 0.3) is 0 Å². The van der Waals surface area contributed by atoms with Crippen LogP contribution in [-0.2, 0) is 9.53 Å². The number of Topliss-reactive ketones (excluding diaryl/α,β-unsaturated/α-hetero) is 1. The maximum absolute atomic E-state index is 11.8. The molecule has 1 fully saturated rings. The van der Waals surface area contributed by atoms with Crippen molar-refractivity contribution in [1.29, 1.82) is 0 Å². The summed E-state index contributed by atoms with van der Waals surface area (Å²) < 4.78 is 5.43. The fraction of sp³-hybridized carbons (Fsp3) is 0.900. The summed E-state index contributed by atoms with van der Waals surface area (Å²) in [4.78, 5) is 11.8. The molecule has 0 aromatic carbocycles. The zero-order chi connectivity index (χ0) is 9.78. The second kappa shape index (κ2) is 2.11. The molecule has 1 atom stereocenters. The minimum atomic E-state index is -0.550. The Bertz CT molecular complexity index is 222. The van der Waals surface area contributed by atoms with Gasteiger partial charge in [0, 0.05) is 5.41 Å². The van der Waals surface area contributed by atoms with Crippen LogP contribution in [0.2, 0.25) is 0 Å². The molecule has 2 nitrogen and oxygen atoms in total. The largest absolute Gasteiger partial charge is 0.355 e. The van der Waals surface area contributed by atoms with Gasteiger partial charge in [0.15, 0.2) is 11.4 Å². The van der Waals surface area contributed by atoms with Gasteiger partial charge in [-0.3, -0.25) is 4.79 Å². The van der Waals surface area contributed by atoms with Gasteiger partial charge in [0.05, 0.1) is 5.60 Å². The number of hydrogen-bond donors (Lipinski definition) is 0. The highest BCUT2D eigenvalue weighted by atomic mass is 16.6. The van der Waals surface area contributed by atoms with E-state index < -0.39 is 5.60 Å². The highest BCUT2D eigenvalue weighted by Gasteiger charge is 2.66. The molecule has 1 unspecified atom stereocenters. The number of carbonyl (C=O) groups is 1. The molecule has 1 heterocycles. The molecule has 1 aliphatic heterocycles. The third kappa shape index (κ3) is 1.18. The molecule has 2 heteroatoms. The van der Waals surface area contributed by atoms with E-state index in [4.69, 9.17) is 4.74 Å². The number of hydrogen-bond acceptors (Lipinski definition) is 2. The third-order valence-corrected chi connectivity index (χ3v) is 2.68. The Morgan fingerprint density at radius 2 is 1.50 bits per heavy atom. The van der Waals surface area contributed by atoms with Crippen molar-refractivity contribution >= 4 is 5.78 Å². The summed E-state index contributed by atoms with van der Waals surface area (Å²) in [7, 11) is 0. The summed E-state index contributed by atoms with van der Waals surface area (Å²) >= 11 is 0. The van der Waals surface area contributed by atoms with Crippen molar-refractivity contribution in [3.63, 3.8) is 0 Å². The summed E-state index contributed by atoms with van der Waals surface area (Å²) in [5.74, 6) is 0.194. The van der Waals surface area contributed by atoms with Gasteiger partial charge >= 0.3 is 0 Å². The minimum absolute atomic E-state index is 0.194. The molecule has 0 amide bonds. The van der Waals surface area contributed by atoms with Crippen molar-refractivity contribution < 1.29 is 9.53 Å². The van der Waals surface area contributed by atoms with E-state index in [-0.39, 0.29) is 16.8 Å². The third-order valence-electron chi connectivity index (χ3n) is 2.68. The van der Waals surface area contributed by atoms with Crippen molar-refractivity contribution in [1.82, 2.24) is 0 Å². The normalized spacial score (nSPS) is 33.2. The summed E-state index contributed by atoms with van der Waals surface area (Å²) in [6, 6.07) is 0. The van der Waals surface area contributed by atoms with E-state index in [1.165, 1.54) is 0 Å². The smallest absolute Gasteiger partial charge is 0.172 e. The summed E-state index contributed by atoms with van der Waals surface area (Å²) in [5, 5.41) is 0. The van der Waals surface area contributed by atoms with Gasteiger partial charge in [-0.05, 0) is 20.8 Å². The first-order valence-electron chi connectivity index (χ1n) is 4.36. The van der Waals surface area contributed by atoms with E-state index in [9.17, 15) is 4.79 Å². The van der Waals surface area contributed by atoms with E-state index in [2.05, 4.69) is 0 Å². The van der Waals surface area contributed by atoms with E-state index >= 15 is 0 Å². The van der Waals surface area contributed by atoms with Crippen LogP contribution in [0.4, 0.5) is 0 Å². The fourth-order valence-corrected chi connectivity index (χ4v) is 1.52. The topological polar surface area (TPSA) is 29.6 Å². The Balaban J connectivity index is 2.82. The Labute approximate surface area is 74.3 Å². The standard InChI is InChI=1S/C10H18O2/c1-8(2,3)7(11)10(6)9(4,5)12-10/h1-6H3. The molecular weight excluding hydrogens is 152 g/mol. The molecule has 1 saturated heterocycles. The minimum Gasteiger partial charge on any atom is -0.355 e. The van der Waals surface area contributed by atoms with Gasteiger partial charge in [0.1, 0.15) is 0 Å². The van der Waals surface area contributed by atoms with E-state index in [1.54, 1.807) is 0 Å². The maximum atomic E-state index is 11.8. The molecule has 0 radical (unpaired) electrons. The van der Waals surface area contributed by atoms with Crippen LogP contribution < -0.4 is 0 Å². The number of carbonyl (C=O) groups excluding carboxylic acids is 1. The molecule has 0 aromatic heterocycles. The van der Waals surface area contributed by atoms with Gasteiger partial charge < -0.3 is 4.74 Å². The molecule has 70 valence electrons. The highest BCUT2D eigenvalue weighted by Crippen LogP contribution is 2.50. The van der Waals surface area contributed by atoms with Crippen molar-refractivity contribution in [2.24, 2.45) is 5.41 Å². The lowest BCUT2D eigenvalue weighted by molar-refractivity contribution is -0.131. The van der Waals surface area contributed by atoms with Crippen LogP contribution in [0.3, 0.4) is 0 Å². The number of epoxide rings is 1. The molecule has 0 aliphatic carbocycles. The van der Waals surface area contributed by atoms with Crippen molar-refractivity contribution in [2.75, 3.05) is 0 Å². The second-order valence-corrected chi connectivity index (χ2v) is 5.22. The van der Waals surface area contributed by atoms with Crippen LogP contribution >= 0.6 is 0 Å². The van der Waals surface area contributed by atoms with E-state index in [0.29, 0.717) is 0 Å². The first-order valence-corrected chi connectivity index (χ1v) is 4.36. The van der Waals surface area contributed by atoms with Crippen LogP contribution in [-0.4, -0.2) is 17.0 Å². The van der Waals surface area contributed by atoms with Crippen molar-refractivity contribution in [3.8, 4) is 0 Å². The zero-order valence-electron chi connectivity index (χ0n) is 8.82. The molecule has 0 saturated carbocycles. The Morgan fingerprint density at radius 1 is 1.17 bits per heavy atom. The Hall–Kier alpha value is -0.370. The van der Waals surface area contributed by atoms with Crippen LogP contribution in [0.5, 0.6) is 0 Å². The monoisotopic (exact) mass is 170 g/mol. The number of rotatable bonds is 1. The quantitative estimate of drug-likeness (QED) is 0.564. The van der Waals surface area contributed by atoms with Crippen molar-refractivity contribution in [2.45, 2.75) is 52.7 Å². The average Bonchev–Trinajstić information content (AvgIpc) is 2.30. The van der Waals surface area contributed by atoms with Crippen LogP contribution in [0.15, 0.2) is 0 Å². The molecule has 1 rings (SSSR count). The van der Waals surface area contributed by atoms with E-state index in [1.807, 2.05) is 41.5 Å². The molecule has 0 aromatic rings. The Kier molecular flexibility index (Phi) is 1.71. The molecule has 0 bridgehead atoms. The van der Waals surface area contributed by atoms with Gasteiger partial charge in [0.25, 0.3) is 0 Å². The molecule has 1 aliphatic rings. The lowest BCUT2D eigenvalue weighted by Gasteiger charge is -2.20. The maximum Gasteiger partial charge on any atom is 0.172 e. The SMILES string of the molecule is CC(C)(C)C(=O)C1(C)OC1(C)C. The predicted molar refractivity (Wildman–Crippen MR) is 48.0 cm³/mol. The van der Waals surface area contributed by atoms with Crippen LogP contribution in [0, 0.1) is 5.41 Å². The molecule has 12 heavy (non-hydrogen) atoms. The summed E-state index contributed by atoms with van der Waals surface area (Å²) in [6.45, 7) is 11.6. The first-order chi connectivity index (χ1) is 5.11. The second-order valence-electron chi connectivity index (χ2n) is 5.22. The van der Waals surface area contributed by atoms with Crippen LogP contribution in [0.1, 0.15) is 41.5 Å². The van der Waals surface area contributed by atoms with Gasteiger partial charge in [-0.25, -0.2) is 0 Å². The number of ether oxygens (including phenoxy) is 1. The summed E-state index contributed by atoms with van der Waals surface area (Å²) in [6.07, 6.45) is 0. The molecule has 0 spiro atoms. The lowest BCUT2D eigenvalue weighted by Crippen LogP contribution is -2.37. The molecule has 0 N–H and O–H groups in total. The summed E-state index contributed by atoms with van der Waals surface area (Å²) in [5.41, 5.74) is -1.12. The fourth-order valence-electron chi connectivity index (χ4n) is 1.52. The van der Waals surface area contributed by atoms with Gasteiger partial charge in [-0.15, -0.1) is 0 Å². The first kappa shape index (κ1) is 9.72. The van der Waals surface area contributed by atoms with E-state index in [0.717, 1.165) is 0 Å². The van der Waals surface area contributed by atoms with Gasteiger partial charge in [-0.2, -0.15) is 0 Å². The van der Waals surface area contributed by atoms with Gasteiger partial charge in [-0.1, -0.05) is 20.8 Å². The van der Waals surface area contributed by atoms with Gasteiger partial charge in [0.2, 0.25) is 0 Å².